The number of hydrogen-bond donors (Lipinski definition) is 0. The Hall–Kier alpha value is -1.04. The van der Waals surface area contributed by atoms with Crippen LogP contribution in [0.2, 0.25) is 0 Å². The van der Waals surface area contributed by atoms with Crippen LogP contribution in [0.15, 0.2) is 42.5 Å². The quantitative estimate of drug-likeness (QED) is 0.602. The predicted octanol–water partition coefficient (Wildman–Crippen LogP) is 3.89. The third kappa shape index (κ3) is 1.81. The van der Waals surface area contributed by atoms with E-state index in [4.69, 9.17) is 0 Å². The summed E-state index contributed by atoms with van der Waals surface area (Å²) in [5.74, 6) is -3.43. The van der Waals surface area contributed by atoms with Crippen molar-refractivity contribution in [2.24, 2.45) is 0 Å². The number of alkyl halides is 2. The fourth-order valence-corrected chi connectivity index (χ4v) is 1.90. The van der Waals surface area contributed by atoms with Gasteiger partial charge in [-0.25, -0.2) is 0 Å². The van der Waals surface area contributed by atoms with Crippen molar-refractivity contribution in [3.05, 3.63) is 48.0 Å². The smallest absolute Gasteiger partial charge is 0.281 e. The summed E-state index contributed by atoms with van der Waals surface area (Å²) in [5, 5.41) is 1.12. The molecule has 0 saturated carbocycles. The normalized spacial score (nSPS) is 11.7. The molecule has 0 aromatic heterocycles. The van der Waals surface area contributed by atoms with E-state index in [1.807, 2.05) is 0 Å². The largest absolute Gasteiger partial charge is 0.340 e. The molecule has 0 N–H and O–H groups in total. The summed E-state index contributed by atoms with van der Waals surface area (Å²) >= 11 is 1.13. The first-order valence-corrected chi connectivity index (χ1v) is 5.67. The van der Waals surface area contributed by atoms with Crippen LogP contribution in [0.3, 0.4) is 0 Å². The first kappa shape index (κ1) is 11.4. The molecule has 0 heterocycles. The van der Waals surface area contributed by atoms with Crippen molar-refractivity contribution in [2.45, 2.75) is 5.92 Å². The Morgan fingerprint density at radius 2 is 1.69 bits per heavy atom. The first-order valence-electron chi connectivity index (χ1n) is 4.59. The number of rotatable bonds is 2. The highest BCUT2D eigenvalue weighted by molar-refractivity contribution is 14.1. The van der Waals surface area contributed by atoms with Crippen LogP contribution >= 0.6 is 22.6 Å². The molecule has 0 fully saturated rings. The number of halogens is 3. The number of fused-ring (bicyclic) bond motifs is 1. The topological polar surface area (TPSA) is 17.1 Å². The third-order valence-corrected chi connectivity index (χ3v) is 3.05. The number of benzene rings is 2. The zero-order valence-corrected chi connectivity index (χ0v) is 10.2. The molecule has 0 radical (unpaired) electrons. The molecule has 1 nitrogen and oxygen atoms in total. The lowest BCUT2D eigenvalue weighted by molar-refractivity contribution is -0.132. The summed E-state index contributed by atoms with van der Waals surface area (Å²) in [4.78, 5) is 10.9. The second-order valence-corrected chi connectivity index (χ2v) is 4.35. The standard InChI is InChI=1S/C12H7F2IO/c13-12(14,11(15)16)10-7-3-5-8-4-1-2-6-9(8)10/h1-7H. The highest BCUT2D eigenvalue weighted by atomic mass is 127. The maximum Gasteiger partial charge on any atom is 0.340 e. The van der Waals surface area contributed by atoms with Gasteiger partial charge >= 0.3 is 5.92 Å². The van der Waals surface area contributed by atoms with Crippen molar-refractivity contribution < 1.29 is 13.6 Å². The maximum absolute atomic E-state index is 13.7. The average Bonchev–Trinajstić information content (AvgIpc) is 2.28. The van der Waals surface area contributed by atoms with Gasteiger partial charge in [0.2, 0.25) is 0 Å². The van der Waals surface area contributed by atoms with E-state index in [-0.39, 0.29) is 5.56 Å². The van der Waals surface area contributed by atoms with Gasteiger partial charge in [-0.05, 0) is 10.8 Å². The molecule has 0 aliphatic heterocycles. The van der Waals surface area contributed by atoms with Gasteiger partial charge in [0.15, 0.2) is 0 Å². The van der Waals surface area contributed by atoms with E-state index in [2.05, 4.69) is 0 Å². The minimum absolute atomic E-state index is 0.231. The summed E-state index contributed by atoms with van der Waals surface area (Å²) in [6.07, 6.45) is 0. The van der Waals surface area contributed by atoms with E-state index in [9.17, 15) is 13.6 Å². The van der Waals surface area contributed by atoms with Gasteiger partial charge in [-0.1, -0.05) is 42.5 Å². The van der Waals surface area contributed by atoms with Crippen LogP contribution in [0.25, 0.3) is 10.8 Å². The van der Waals surface area contributed by atoms with Crippen molar-refractivity contribution in [3.8, 4) is 0 Å². The van der Waals surface area contributed by atoms with Crippen molar-refractivity contribution >= 4 is 37.2 Å². The minimum atomic E-state index is -3.43. The van der Waals surface area contributed by atoms with Gasteiger partial charge in [-0.2, -0.15) is 8.78 Å². The molecule has 0 amide bonds. The van der Waals surface area contributed by atoms with E-state index < -0.39 is 9.71 Å². The second kappa shape index (κ2) is 4.08. The van der Waals surface area contributed by atoms with Crippen LogP contribution in [0, 0.1) is 0 Å². The summed E-state index contributed by atoms with van der Waals surface area (Å²) in [5.41, 5.74) is -0.231. The van der Waals surface area contributed by atoms with Crippen LogP contribution in [0.1, 0.15) is 5.56 Å². The zero-order chi connectivity index (χ0) is 11.8. The molecule has 2 rings (SSSR count). The van der Waals surface area contributed by atoms with E-state index in [1.165, 1.54) is 12.1 Å². The Morgan fingerprint density at radius 1 is 1.06 bits per heavy atom. The Morgan fingerprint density at radius 3 is 2.38 bits per heavy atom. The third-order valence-electron chi connectivity index (χ3n) is 2.37. The SMILES string of the molecule is O=C(I)C(F)(F)c1cccc2ccccc12. The van der Waals surface area contributed by atoms with E-state index >= 15 is 0 Å². The fraction of sp³-hybridized carbons (Fsp3) is 0.0833. The molecule has 0 bridgehead atoms. The van der Waals surface area contributed by atoms with Crippen molar-refractivity contribution in [1.82, 2.24) is 0 Å². The van der Waals surface area contributed by atoms with Gasteiger partial charge in [-0.15, -0.1) is 0 Å². The summed E-state index contributed by atoms with van der Waals surface area (Å²) < 4.78 is 26.1. The fourth-order valence-electron chi connectivity index (χ4n) is 1.61. The van der Waals surface area contributed by atoms with E-state index in [0.29, 0.717) is 10.8 Å². The number of carbonyl (C=O) groups is 1. The van der Waals surface area contributed by atoms with Gasteiger partial charge in [0.25, 0.3) is 3.79 Å². The molecule has 0 saturated heterocycles. The molecule has 0 spiro atoms. The molecule has 0 unspecified atom stereocenters. The van der Waals surface area contributed by atoms with E-state index in [0.717, 1.165) is 22.6 Å². The van der Waals surface area contributed by atoms with Crippen LogP contribution in [-0.2, 0) is 10.7 Å². The minimum Gasteiger partial charge on any atom is -0.281 e. The van der Waals surface area contributed by atoms with Gasteiger partial charge in [0.05, 0.1) is 0 Å². The molecule has 4 heteroatoms. The molecule has 0 atom stereocenters. The summed E-state index contributed by atoms with van der Waals surface area (Å²) in [7, 11) is 0. The molecule has 2 aromatic carbocycles. The van der Waals surface area contributed by atoms with Crippen molar-refractivity contribution in [2.75, 3.05) is 0 Å². The van der Waals surface area contributed by atoms with Gasteiger partial charge in [0, 0.05) is 28.2 Å². The molecule has 2 aromatic rings. The summed E-state index contributed by atoms with van der Waals surface area (Å²) in [6, 6.07) is 11.4. The molecule has 0 aliphatic rings. The number of carbonyl (C=O) groups excluding carboxylic acids is 1. The van der Waals surface area contributed by atoms with E-state index in [1.54, 1.807) is 30.3 Å². The Labute approximate surface area is 105 Å². The first-order chi connectivity index (χ1) is 7.53. The lowest BCUT2D eigenvalue weighted by Gasteiger charge is -2.14. The van der Waals surface area contributed by atoms with Crippen molar-refractivity contribution in [3.63, 3.8) is 0 Å². The van der Waals surface area contributed by atoms with Crippen molar-refractivity contribution in [1.29, 1.82) is 0 Å². The van der Waals surface area contributed by atoms with Crippen LogP contribution in [-0.4, -0.2) is 3.79 Å². The van der Waals surface area contributed by atoms with Crippen LogP contribution in [0.5, 0.6) is 0 Å². The monoisotopic (exact) mass is 332 g/mol. The lowest BCUT2D eigenvalue weighted by atomic mass is 10.0. The lowest BCUT2D eigenvalue weighted by Crippen LogP contribution is -2.21. The average molecular weight is 332 g/mol. The Kier molecular flexibility index (Phi) is 2.92. The van der Waals surface area contributed by atoms with Crippen LogP contribution < -0.4 is 0 Å². The Balaban J connectivity index is 2.74. The maximum atomic E-state index is 13.7. The molecule has 82 valence electrons. The highest BCUT2D eigenvalue weighted by Gasteiger charge is 2.39. The Bertz CT molecular complexity index is 546. The second-order valence-electron chi connectivity index (χ2n) is 3.37. The van der Waals surface area contributed by atoms with Gasteiger partial charge in [-0.3, -0.25) is 4.79 Å². The van der Waals surface area contributed by atoms with Crippen LogP contribution in [0.4, 0.5) is 8.78 Å². The van der Waals surface area contributed by atoms with Gasteiger partial charge in [0.1, 0.15) is 0 Å². The number of hydrogen-bond acceptors (Lipinski definition) is 1. The molecular formula is C12H7F2IO. The predicted molar refractivity (Wildman–Crippen MR) is 66.9 cm³/mol. The molecule has 16 heavy (non-hydrogen) atoms. The molecule has 0 aliphatic carbocycles. The van der Waals surface area contributed by atoms with Gasteiger partial charge < -0.3 is 0 Å². The highest BCUT2D eigenvalue weighted by Crippen LogP contribution is 2.35. The summed E-state index contributed by atoms with van der Waals surface area (Å²) in [6.45, 7) is 0. The molecular weight excluding hydrogens is 325 g/mol. The zero-order valence-electron chi connectivity index (χ0n) is 8.08.